The topological polar surface area (TPSA) is 12.0 Å². The van der Waals surface area contributed by atoms with Crippen molar-refractivity contribution >= 4 is 43.5 Å². The normalized spacial score (nSPS) is 12.4. The van der Waals surface area contributed by atoms with Gasteiger partial charge in [0.05, 0.1) is 0 Å². The SMILES string of the molecule is CCCNC(Cc1ccccc1Cl)c1ccc(Br)cc1Br. The summed E-state index contributed by atoms with van der Waals surface area (Å²) in [4.78, 5) is 0. The largest absolute Gasteiger partial charge is 0.310 e. The Morgan fingerprint density at radius 2 is 1.90 bits per heavy atom. The van der Waals surface area contributed by atoms with Crippen LogP contribution < -0.4 is 5.32 Å². The molecule has 0 bridgehead atoms. The third-order valence-corrected chi connectivity index (χ3v) is 4.91. The van der Waals surface area contributed by atoms with Gasteiger partial charge in [-0.3, -0.25) is 0 Å². The van der Waals surface area contributed by atoms with Crippen LogP contribution >= 0.6 is 43.5 Å². The number of benzene rings is 2. The molecule has 0 heterocycles. The molecule has 2 aromatic rings. The third kappa shape index (κ3) is 4.82. The summed E-state index contributed by atoms with van der Waals surface area (Å²) in [5, 5.41) is 4.45. The van der Waals surface area contributed by atoms with Crippen molar-refractivity contribution in [2.45, 2.75) is 25.8 Å². The molecule has 0 amide bonds. The summed E-state index contributed by atoms with van der Waals surface area (Å²) in [6.45, 7) is 3.16. The van der Waals surface area contributed by atoms with E-state index in [1.807, 2.05) is 18.2 Å². The van der Waals surface area contributed by atoms with Gasteiger partial charge in [-0.25, -0.2) is 0 Å². The van der Waals surface area contributed by atoms with Crippen molar-refractivity contribution in [2.24, 2.45) is 0 Å². The van der Waals surface area contributed by atoms with Gasteiger partial charge in [0.25, 0.3) is 0 Å². The molecular formula is C17H18Br2ClN. The Morgan fingerprint density at radius 3 is 2.57 bits per heavy atom. The van der Waals surface area contributed by atoms with E-state index in [2.05, 4.69) is 68.4 Å². The van der Waals surface area contributed by atoms with E-state index in [1.165, 1.54) is 11.1 Å². The summed E-state index contributed by atoms with van der Waals surface area (Å²) in [6, 6.07) is 14.6. The van der Waals surface area contributed by atoms with Crippen molar-refractivity contribution in [3.05, 3.63) is 67.6 Å². The first kappa shape index (κ1) is 17.0. The van der Waals surface area contributed by atoms with Crippen molar-refractivity contribution in [1.29, 1.82) is 0 Å². The summed E-state index contributed by atoms with van der Waals surface area (Å²) in [7, 11) is 0. The second-order valence-electron chi connectivity index (χ2n) is 4.97. The average molecular weight is 432 g/mol. The van der Waals surface area contributed by atoms with Gasteiger partial charge in [0.15, 0.2) is 0 Å². The number of halogens is 3. The molecule has 2 rings (SSSR count). The first-order valence-corrected chi connectivity index (χ1v) is 9.00. The van der Waals surface area contributed by atoms with E-state index in [0.29, 0.717) is 0 Å². The summed E-state index contributed by atoms with van der Waals surface area (Å²) in [5.74, 6) is 0. The molecule has 112 valence electrons. The van der Waals surface area contributed by atoms with Crippen LogP contribution in [0.5, 0.6) is 0 Å². The molecule has 21 heavy (non-hydrogen) atoms. The van der Waals surface area contributed by atoms with Crippen LogP contribution in [0.3, 0.4) is 0 Å². The van der Waals surface area contributed by atoms with Gasteiger partial charge in [0.1, 0.15) is 0 Å². The van der Waals surface area contributed by atoms with Gasteiger partial charge in [-0.1, -0.05) is 74.7 Å². The standard InChI is InChI=1S/C17H18Br2ClN/c1-2-9-21-17(10-12-5-3-4-6-16(12)20)14-8-7-13(18)11-15(14)19/h3-8,11,17,21H,2,9-10H2,1H3. The molecule has 1 unspecified atom stereocenters. The Bertz CT molecular complexity index is 601. The van der Waals surface area contributed by atoms with Gasteiger partial charge in [0.2, 0.25) is 0 Å². The predicted molar refractivity (Wildman–Crippen MR) is 98.0 cm³/mol. The lowest BCUT2D eigenvalue weighted by atomic mass is 9.98. The van der Waals surface area contributed by atoms with Crippen LogP contribution in [0, 0.1) is 0 Å². The smallest absolute Gasteiger partial charge is 0.0438 e. The molecule has 0 fully saturated rings. The quantitative estimate of drug-likeness (QED) is 0.579. The van der Waals surface area contributed by atoms with Crippen LogP contribution in [0.4, 0.5) is 0 Å². The highest BCUT2D eigenvalue weighted by molar-refractivity contribution is 9.11. The molecule has 4 heteroatoms. The molecule has 0 aliphatic carbocycles. The number of hydrogen-bond acceptors (Lipinski definition) is 1. The Morgan fingerprint density at radius 1 is 1.14 bits per heavy atom. The van der Waals surface area contributed by atoms with Gasteiger partial charge in [-0.2, -0.15) is 0 Å². The zero-order valence-electron chi connectivity index (χ0n) is 11.9. The molecule has 0 spiro atoms. The summed E-state index contributed by atoms with van der Waals surface area (Å²) in [5.41, 5.74) is 2.43. The maximum atomic E-state index is 6.31. The third-order valence-electron chi connectivity index (χ3n) is 3.36. The summed E-state index contributed by atoms with van der Waals surface area (Å²) < 4.78 is 2.18. The van der Waals surface area contributed by atoms with Gasteiger partial charge in [-0.15, -0.1) is 0 Å². The Labute approximate surface area is 148 Å². The van der Waals surface area contributed by atoms with E-state index in [-0.39, 0.29) is 6.04 Å². The summed E-state index contributed by atoms with van der Waals surface area (Å²) in [6.07, 6.45) is 1.98. The predicted octanol–water partition coefficient (Wildman–Crippen LogP) is 6.15. The van der Waals surface area contributed by atoms with Crippen LogP contribution in [-0.2, 0) is 6.42 Å². The van der Waals surface area contributed by atoms with E-state index >= 15 is 0 Å². The zero-order chi connectivity index (χ0) is 15.2. The fourth-order valence-corrected chi connectivity index (χ4v) is 3.81. The van der Waals surface area contributed by atoms with Crippen LogP contribution in [0.25, 0.3) is 0 Å². The van der Waals surface area contributed by atoms with Gasteiger partial charge < -0.3 is 5.32 Å². The molecule has 1 atom stereocenters. The minimum absolute atomic E-state index is 0.243. The molecule has 0 saturated carbocycles. The second-order valence-corrected chi connectivity index (χ2v) is 7.15. The fourth-order valence-electron chi connectivity index (χ4n) is 2.28. The zero-order valence-corrected chi connectivity index (χ0v) is 15.8. The minimum Gasteiger partial charge on any atom is -0.310 e. The van der Waals surface area contributed by atoms with E-state index in [1.54, 1.807) is 0 Å². The van der Waals surface area contributed by atoms with E-state index in [4.69, 9.17) is 11.6 Å². The first-order chi connectivity index (χ1) is 10.1. The maximum Gasteiger partial charge on any atom is 0.0438 e. The monoisotopic (exact) mass is 429 g/mol. The number of rotatable bonds is 6. The molecule has 0 aliphatic rings. The van der Waals surface area contributed by atoms with Gasteiger partial charge in [-0.05, 0) is 48.7 Å². The van der Waals surface area contributed by atoms with Crippen molar-refractivity contribution in [1.82, 2.24) is 5.32 Å². The Hall–Kier alpha value is -0.350. The van der Waals surface area contributed by atoms with Gasteiger partial charge in [0, 0.05) is 20.0 Å². The van der Waals surface area contributed by atoms with Crippen LogP contribution in [0.1, 0.15) is 30.5 Å². The highest BCUT2D eigenvalue weighted by Gasteiger charge is 2.16. The molecule has 0 aromatic heterocycles. The van der Waals surface area contributed by atoms with Gasteiger partial charge >= 0.3 is 0 Å². The first-order valence-electron chi connectivity index (χ1n) is 7.03. The Kier molecular flexibility index (Phi) is 6.74. The highest BCUT2D eigenvalue weighted by atomic mass is 79.9. The molecule has 0 aliphatic heterocycles. The summed E-state index contributed by atoms with van der Waals surface area (Å²) >= 11 is 13.5. The number of nitrogens with one attached hydrogen (secondary N) is 1. The molecule has 2 aromatic carbocycles. The van der Waals surface area contributed by atoms with Crippen LogP contribution in [0.15, 0.2) is 51.4 Å². The lowest BCUT2D eigenvalue weighted by molar-refractivity contribution is 0.527. The van der Waals surface area contributed by atoms with Crippen LogP contribution in [-0.4, -0.2) is 6.54 Å². The van der Waals surface area contributed by atoms with E-state index in [9.17, 15) is 0 Å². The van der Waals surface area contributed by atoms with E-state index < -0.39 is 0 Å². The molecule has 1 N–H and O–H groups in total. The number of hydrogen-bond donors (Lipinski definition) is 1. The van der Waals surface area contributed by atoms with Crippen molar-refractivity contribution in [2.75, 3.05) is 6.54 Å². The van der Waals surface area contributed by atoms with E-state index in [0.717, 1.165) is 33.4 Å². The van der Waals surface area contributed by atoms with Crippen molar-refractivity contribution in [3.8, 4) is 0 Å². The molecule has 1 nitrogen and oxygen atoms in total. The van der Waals surface area contributed by atoms with Crippen LogP contribution in [0.2, 0.25) is 5.02 Å². The molecule has 0 radical (unpaired) electrons. The maximum absolute atomic E-state index is 6.31. The van der Waals surface area contributed by atoms with Crippen molar-refractivity contribution < 1.29 is 0 Å². The second kappa shape index (κ2) is 8.33. The fraction of sp³-hybridized carbons (Fsp3) is 0.294. The Balaban J connectivity index is 2.27. The minimum atomic E-state index is 0.243. The molecular weight excluding hydrogens is 413 g/mol. The van der Waals surface area contributed by atoms with Crippen molar-refractivity contribution in [3.63, 3.8) is 0 Å². The highest BCUT2D eigenvalue weighted by Crippen LogP contribution is 2.30. The molecule has 0 saturated heterocycles. The lowest BCUT2D eigenvalue weighted by Crippen LogP contribution is -2.24. The lowest BCUT2D eigenvalue weighted by Gasteiger charge is -2.21. The average Bonchev–Trinajstić information content (AvgIpc) is 2.46.